The second kappa shape index (κ2) is 13.6. The number of Topliss-reactive ketones (excluding diaryl/α,β-unsaturated/α-hetero) is 2. The van der Waals surface area contributed by atoms with E-state index < -0.39 is 0 Å². The minimum absolute atomic E-state index is 0.162. The first-order chi connectivity index (χ1) is 21.0. The fourth-order valence-electron chi connectivity index (χ4n) is 6.59. The predicted octanol–water partition coefficient (Wildman–Crippen LogP) is 8.32. The first-order valence-corrected chi connectivity index (χ1v) is 16.6. The highest BCUT2D eigenvalue weighted by Crippen LogP contribution is 2.39. The lowest BCUT2D eigenvalue weighted by molar-refractivity contribution is -0.120. The van der Waals surface area contributed by atoms with Gasteiger partial charge >= 0.3 is 0 Å². The van der Waals surface area contributed by atoms with Gasteiger partial charge in [0.05, 0.1) is 24.8 Å². The van der Waals surface area contributed by atoms with Crippen LogP contribution in [0.4, 0.5) is 0 Å². The van der Waals surface area contributed by atoms with Gasteiger partial charge in [0.2, 0.25) is 0 Å². The summed E-state index contributed by atoms with van der Waals surface area (Å²) in [5, 5.41) is 0. The highest BCUT2D eigenvalue weighted by molar-refractivity contribution is 9.10. The van der Waals surface area contributed by atoms with Crippen LogP contribution in [0.15, 0.2) is 111 Å². The molecule has 1 aliphatic carbocycles. The zero-order chi connectivity index (χ0) is 29.8. The Kier molecular flexibility index (Phi) is 9.46. The number of hydrogen-bond donors (Lipinski definition) is 0. The Morgan fingerprint density at radius 1 is 0.698 bits per heavy atom. The van der Waals surface area contributed by atoms with Crippen LogP contribution in [0.2, 0.25) is 0 Å². The maximum Gasteiger partial charge on any atom is 0.158 e. The number of carbonyl (C=O) groups is 2. The van der Waals surface area contributed by atoms with Gasteiger partial charge < -0.3 is 0 Å². The van der Waals surface area contributed by atoms with Crippen LogP contribution in [0.25, 0.3) is 0 Å². The highest BCUT2D eigenvalue weighted by Gasteiger charge is 2.35. The van der Waals surface area contributed by atoms with Crippen LogP contribution in [0.1, 0.15) is 65.1 Å². The van der Waals surface area contributed by atoms with Crippen molar-refractivity contribution < 1.29 is 9.59 Å². The average Bonchev–Trinajstić information content (AvgIpc) is 3.45. The zero-order valence-corrected chi connectivity index (χ0v) is 27.2. The first-order valence-electron chi connectivity index (χ1n) is 15.0. The summed E-state index contributed by atoms with van der Waals surface area (Å²) < 4.78 is 2.09. The number of halogens is 2. The van der Waals surface area contributed by atoms with Crippen molar-refractivity contribution in [3.63, 3.8) is 0 Å². The zero-order valence-electron chi connectivity index (χ0n) is 24.0. The van der Waals surface area contributed by atoms with E-state index in [1.54, 1.807) is 0 Å². The maximum absolute atomic E-state index is 12.6. The molecule has 4 nitrogen and oxygen atoms in total. The lowest BCUT2D eigenvalue weighted by Crippen LogP contribution is -2.39. The molecule has 0 radical (unpaired) electrons. The van der Waals surface area contributed by atoms with Crippen LogP contribution in [0.5, 0.6) is 0 Å². The molecule has 3 aliphatic rings. The van der Waals surface area contributed by atoms with Crippen LogP contribution >= 0.6 is 31.9 Å². The summed E-state index contributed by atoms with van der Waals surface area (Å²) in [5.74, 6) is 0.499. The van der Waals surface area contributed by atoms with E-state index in [0.29, 0.717) is 31.2 Å². The van der Waals surface area contributed by atoms with Crippen LogP contribution in [0, 0.1) is 0 Å². The molecule has 43 heavy (non-hydrogen) atoms. The topological polar surface area (TPSA) is 49.7 Å². The molecule has 0 spiro atoms. The van der Waals surface area contributed by atoms with E-state index in [9.17, 15) is 9.59 Å². The second-order valence-corrected chi connectivity index (χ2v) is 13.4. The van der Waals surface area contributed by atoms with Crippen LogP contribution in [-0.2, 0) is 22.4 Å². The predicted molar refractivity (Wildman–Crippen MR) is 180 cm³/mol. The van der Waals surface area contributed by atoms with Crippen molar-refractivity contribution in [2.75, 3.05) is 13.1 Å². The van der Waals surface area contributed by atoms with Gasteiger partial charge in [-0.25, -0.2) is 0 Å². The number of nitrogens with zero attached hydrogens (tertiary/aromatic N) is 2. The highest BCUT2D eigenvalue weighted by atomic mass is 79.9. The smallest absolute Gasteiger partial charge is 0.158 e. The molecular formula is C37H34Br2N2O2. The number of ketones is 2. The summed E-state index contributed by atoms with van der Waals surface area (Å²) in [4.78, 5) is 31.4. The van der Waals surface area contributed by atoms with Gasteiger partial charge in [0, 0.05) is 39.0 Å². The minimum Gasteiger partial charge on any atom is -0.298 e. The van der Waals surface area contributed by atoms with E-state index >= 15 is 0 Å². The molecule has 7 rings (SSSR count). The van der Waals surface area contributed by atoms with Crippen molar-refractivity contribution in [2.45, 2.75) is 50.6 Å². The Morgan fingerprint density at radius 3 is 2.05 bits per heavy atom. The Labute approximate surface area is 270 Å². The quantitative estimate of drug-likeness (QED) is 0.216. The van der Waals surface area contributed by atoms with Gasteiger partial charge in [-0.1, -0.05) is 117 Å². The van der Waals surface area contributed by atoms with E-state index in [2.05, 4.69) is 90.3 Å². The van der Waals surface area contributed by atoms with Gasteiger partial charge in [-0.3, -0.25) is 19.5 Å². The second-order valence-electron chi connectivity index (χ2n) is 11.5. The Balaban J connectivity index is 0.000000157. The molecule has 2 aliphatic heterocycles. The fraction of sp³-hybridized carbons (Fsp3) is 0.270. The number of rotatable bonds is 3. The van der Waals surface area contributed by atoms with Gasteiger partial charge in [-0.15, -0.1) is 0 Å². The number of hydrogen-bond acceptors (Lipinski definition) is 4. The molecule has 0 aromatic heterocycles. The lowest BCUT2D eigenvalue weighted by Gasteiger charge is -2.36. The Morgan fingerprint density at radius 2 is 1.33 bits per heavy atom. The molecule has 0 amide bonds. The van der Waals surface area contributed by atoms with E-state index in [0.717, 1.165) is 31.3 Å². The van der Waals surface area contributed by atoms with Crippen molar-refractivity contribution in [3.8, 4) is 0 Å². The van der Waals surface area contributed by atoms with E-state index in [-0.39, 0.29) is 18.4 Å². The number of fused-ring (bicyclic) bond motifs is 2. The molecule has 218 valence electrons. The minimum atomic E-state index is 0.162. The van der Waals surface area contributed by atoms with Gasteiger partial charge in [-0.05, 0) is 59.4 Å². The molecule has 4 aromatic carbocycles. The van der Waals surface area contributed by atoms with Gasteiger partial charge in [-0.2, -0.15) is 0 Å². The van der Waals surface area contributed by atoms with Crippen molar-refractivity contribution in [1.82, 2.24) is 4.90 Å². The van der Waals surface area contributed by atoms with Crippen LogP contribution < -0.4 is 0 Å². The molecule has 6 heteroatoms. The van der Waals surface area contributed by atoms with Gasteiger partial charge in [0.25, 0.3) is 0 Å². The Bertz CT molecular complexity index is 1650. The van der Waals surface area contributed by atoms with Gasteiger partial charge in [0.15, 0.2) is 11.6 Å². The van der Waals surface area contributed by atoms with E-state index in [4.69, 9.17) is 0 Å². The monoisotopic (exact) mass is 696 g/mol. The summed E-state index contributed by atoms with van der Waals surface area (Å²) >= 11 is 7.12. The largest absolute Gasteiger partial charge is 0.298 e. The van der Waals surface area contributed by atoms with Crippen molar-refractivity contribution in [3.05, 3.63) is 139 Å². The number of aliphatic imine (C=N–C) groups is 1. The van der Waals surface area contributed by atoms with Crippen molar-refractivity contribution in [1.29, 1.82) is 0 Å². The molecule has 0 saturated heterocycles. The molecule has 0 bridgehead atoms. The summed E-state index contributed by atoms with van der Waals surface area (Å²) in [5.41, 5.74) is 7.81. The lowest BCUT2D eigenvalue weighted by atomic mass is 9.92. The summed E-state index contributed by atoms with van der Waals surface area (Å²) in [6.45, 7) is 0.826. The third-order valence-electron chi connectivity index (χ3n) is 8.57. The SMILES string of the molecule is O=C1CN=C(c2ccccc2)c2cc(Br)ccc2C1.O=C1Cc2ccc(Br)cc2C(c2ccccc2)N(C2CCCC2)C1. The van der Waals surface area contributed by atoms with Crippen LogP contribution in [-0.4, -0.2) is 41.3 Å². The van der Waals surface area contributed by atoms with Gasteiger partial charge in [0.1, 0.15) is 0 Å². The van der Waals surface area contributed by atoms with Crippen molar-refractivity contribution in [2.24, 2.45) is 4.99 Å². The van der Waals surface area contributed by atoms with E-state index in [1.165, 1.54) is 42.4 Å². The number of carbonyl (C=O) groups excluding carboxylic acids is 2. The standard InChI is InChI=1S/C21H22BrNO.C16H12BrNO/c22-17-11-10-16-12-19(24)14-23(18-8-4-5-9-18)21(20(16)13-17)15-6-2-1-3-7-15;17-13-7-6-12-8-14(19)10-18-16(15(12)9-13)11-4-2-1-3-5-11/h1-3,6-7,10-11,13,18,21H,4-5,8-9,12,14H2;1-7,9H,8,10H2. The third kappa shape index (κ3) is 6.98. The maximum atomic E-state index is 12.6. The van der Waals surface area contributed by atoms with E-state index in [1.807, 2.05) is 48.5 Å². The fourth-order valence-corrected chi connectivity index (χ4v) is 7.33. The summed E-state index contributed by atoms with van der Waals surface area (Å²) in [7, 11) is 0. The summed E-state index contributed by atoms with van der Waals surface area (Å²) in [6, 6.07) is 33.8. The van der Waals surface area contributed by atoms with Crippen molar-refractivity contribution >= 4 is 49.1 Å². The molecule has 4 aromatic rings. The average molecular weight is 698 g/mol. The molecule has 0 N–H and O–H groups in total. The Hall–Kier alpha value is -3.19. The normalized spacial score (nSPS) is 18.9. The summed E-state index contributed by atoms with van der Waals surface area (Å²) in [6.07, 6.45) is 5.99. The molecule has 1 fully saturated rings. The van der Waals surface area contributed by atoms with Crippen LogP contribution in [0.3, 0.4) is 0 Å². The molecular weight excluding hydrogens is 664 g/mol. The molecule has 1 unspecified atom stereocenters. The molecule has 2 heterocycles. The molecule has 1 atom stereocenters. The number of benzene rings is 4. The third-order valence-corrected chi connectivity index (χ3v) is 9.55. The first kappa shape index (κ1) is 29.9. The molecule has 1 saturated carbocycles.